The summed E-state index contributed by atoms with van der Waals surface area (Å²) in [6.45, 7) is 6.35. The number of aryl methyl sites for hydroxylation is 3. The first-order valence-corrected chi connectivity index (χ1v) is 20.3. The van der Waals surface area contributed by atoms with Crippen molar-refractivity contribution >= 4 is 104 Å². The second kappa shape index (κ2) is 13.5. The Morgan fingerprint density at radius 2 is 0.926 bits per heavy atom. The van der Waals surface area contributed by atoms with Crippen LogP contribution in [-0.2, 0) is 4.79 Å². The molecule has 0 fully saturated rings. The first kappa shape index (κ1) is 33.9. The summed E-state index contributed by atoms with van der Waals surface area (Å²) in [4.78, 5) is 38.4. The van der Waals surface area contributed by atoms with Crippen molar-refractivity contribution in [2.45, 2.75) is 20.8 Å². The van der Waals surface area contributed by atoms with Crippen molar-refractivity contribution in [2.75, 3.05) is 0 Å². The van der Waals surface area contributed by atoms with E-state index in [-0.39, 0.29) is 5.57 Å². The lowest BCUT2D eigenvalue weighted by Gasteiger charge is -2.04. The van der Waals surface area contributed by atoms with E-state index in [2.05, 4.69) is 110 Å². The summed E-state index contributed by atoms with van der Waals surface area (Å²) in [5.74, 6) is -1.26. The van der Waals surface area contributed by atoms with Crippen LogP contribution < -0.4 is 0 Å². The van der Waals surface area contributed by atoms with Gasteiger partial charge in [-0.15, -0.1) is 45.3 Å². The van der Waals surface area contributed by atoms with E-state index in [1.807, 2.05) is 18.2 Å². The zero-order valence-electron chi connectivity index (χ0n) is 29.1. The van der Waals surface area contributed by atoms with Gasteiger partial charge in [-0.1, -0.05) is 0 Å². The van der Waals surface area contributed by atoms with Crippen LogP contribution >= 0.6 is 45.3 Å². The SMILES string of the molecule is Cc1ccc(-c2c3nc(c(-c4ccc(C)s4)c4ccc([nH]4)c(-c4ccc(/C=C(/C#N)C(=O)O)s4)c4nc(c(-c5ccc(C)s5)c5ccc2[nH]5)C=C4)C=C3)s1. The van der Waals surface area contributed by atoms with Gasteiger partial charge in [-0.2, -0.15) is 5.26 Å². The second-order valence-electron chi connectivity index (χ2n) is 12.9. The lowest BCUT2D eigenvalue weighted by atomic mass is 10.1. The number of aliphatic carboxylic acids is 1. The molecule has 0 amide bonds. The van der Waals surface area contributed by atoms with Crippen LogP contribution in [0.25, 0.3) is 94.2 Å². The summed E-state index contributed by atoms with van der Waals surface area (Å²) in [5, 5.41) is 19.0. The normalized spacial score (nSPS) is 12.4. The van der Waals surface area contributed by atoms with Crippen LogP contribution in [0.15, 0.2) is 78.4 Å². The second-order valence-corrected chi connectivity index (χ2v) is 17.9. The van der Waals surface area contributed by atoms with Gasteiger partial charge in [0.15, 0.2) is 0 Å². The summed E-state index contributed by atoms with van der Waals surface area (Å²) >= 11 is 6.62. The van der Waals surface area contributed by atoms with E-state index in [1.54, 1.807) is 40.1 Å². The zero-order valence-corrected chi connectivity index (χ0v) is 32.4. The summed E-state index contributed by atoms with van der Waals surface area (Å²) in [5.41, 5.74) is 10.6. The van der Waals surface area contributed by atoms with Crippen LogP contribution in [0, 0.1) is 32.1 Å². The molecule has 7 aromatic rings. The van der Waals surface area contributed by atoms with E-state index < -0.39 is 5.97 Å². The van der Waals surface area contributed by atoms with Gasteiger partial charge in [0.05, 0.1) is 22.8 Å². The Hall–Kier alpha value is -5.90. The molecule has 2 aliphatic heterocycles. The summed E-state index contributed by atoms with van der Waals surface area (Å²) in [6.07, 6.45) is 9.75. The molecule has 9 heterocycles. The molecule has 8 bridgehead atoms. The molecule has 9 rings (SSSR count). The van der Waals surface area contributed by atoms with Gasteiger partial charge in [-0.25, -0.2) is 14.8 Å². The fraction of sp³-hybridized carbons (Fsp3) is 0.0698. The molecule has 7 aromatic heterocycles. The minimum Gasteiger partial charge on any atom is -0.477 e. The molecule has 3 N–H and O–H groups in total. The highest BCUT2D eigenvalue weighted by molar-refractivity contribution is 7.17. The number of rotatable bonds is 6. The van der Waals surface area contributed by atoms with Crippen molar-refractivity contribution in [2.24, 2.45) is 0 Å². The molecule has 11 heteroatoms. The maximum atomic E-state index is 11.7. The maximum absolute atomic E-state index is 11.7. The molecular formula is C43H29N5O2S4. The van der Waals surface area contributed by atoms with Crippen LogP contribution in [0.2, 0.25) is 0 Å². The number of carboxylic acid groups (broad SMARTS) is 1. The first-order valence-electron chi connectivity index (χ1n) is 17.0. The molecule has 0 saturated carbocycles. The molecule has 262 valence electrons. The molecule has 54 heavy (non-hydrogen) atoms. The minimum atomic E-state index is -1.26. The largest absolute Gasteiger partial charge is 0.477 e. The monoisotopic (exact) mass is 775 g/mol. The van der Waals surface area contributed by atoms with Crippen LogP contribution in [-0.4, -0.2) is 31.0 Å². The molecule has 0 unspecified atom stereocenters. The van der Waals surface area contributed by atoms with Crippen LogP contribution in [0.3, 0.4) is 0 Å². The number of hydrogen-bond donors (Lipinski definition) is 3. The van der Waals surface area contributed by atoms with E-state index in [9.17, 15) is 15.2 Å². The highest BCUT2D eigenvalue weighted by atomic mass is 32.1. The molecule has 0 saturated heterocycles. The Labute approximate surface area is 326 Å². The molecule has 2 aliphatic rings. The predicted octanol–water partition coefficient (Wildman–Crippen LogP) is 12.5. The van der Waals surface area contributed by atoms with Crippen molar-refractivity contribution in [3.05, 3.63) is 121 Å². The molecule has 0 aromatic carbocycles. The van der Waals surface area contributed by atoms with Crippen molar-refractivity contribution in [3.63, 3.8) is 0 Å². The number of carboxylic acids is 1. The van der Waals surface area contributed by atoms with E-state index in [0.29, 0.717) is 4.88 Å². The zero-order chi connectivity index (χ0) is 37.1. The van der Waals surface area contributed by atoms with Gasteiger partial charge in [-0.3, -0.25) is 0 Å². The fourth-order valence-electron chi connectivity index (χ4n) is 6.80. The maximum Gasteiger partial charge on any atom is 0.346 e. The Kier molecular flexibility index (Phi) is 8.48. The van der Waals surface area contributed by atoms with Crippen molar-refractivity contribution in [1.82, 2.24) is 19.9 Å². The van der Waals surface area contributed by atoms with Gasteiger partial charge in [0, 0.05) is 83.3 Å². The van der Waals surface area contributed by atoms with E-state index in [0.717, 1.165) is 86.6 Å². The van der Waals surface area contributed by atoms with Crippen molar-refractivity contribution < 1.29 is 9.90 Å². The van der Waals surface area contributed by atoms with Crippen molar-refractivity contribution in [3.8, 4) is 47.8 Å². The number of hydrogen-bond acceptors (Lipinski definition) is 8. The fourth-order valence-corrected chi connectivity index (χ4v) is 10.6. The quantitative estimate of drug-likeness (QED) is 0.115. The van der Waals surface area contributed by atoms with Gasteiger partial charge in [-0.05, 0) is 124 Å². The topological polar surface area (TPSA) is 118 Å². The standard InChI is InChI=1S/C43H29N5O2S4/c1-22-4-16-35(51-22)39-27-8-10-29(45-27)40(36-17-5-23(2)52-36)31-12-14-33(47-31)42(38-19-7-26(54-38)20-25(21-44)43(49)50)34-15-13-32(48-34)41(30-11-9-28(39)46-30)37-18-6-24(3)53-37/h4-20,45,48H,1-3H3,(H,49,50)/b25-20-,39-27?,39-28?,40-29?,40-31?,41-30?,41-32?,42-33?,42-34?. The number of aromatic nitrogens is 4. The molecular weight excluding hydrogens is 747 g/mol. The van der Waals surface area contributed by atoms with Gasteiger partial charge in [0.2, 0.25) is 0 Å². The summed E-state index contributed by atoms with van der Waals surface area (Å²) in [6, 6.07) is 27.0. The number of nitriles is 1. The average molecular weight is 776 g/mol. The number of aromatic amines is 2. The first-order chi connectivity index (χ1) is 26.2. The third kappa shape index (κ3) is 6.09. The van der Waals surface area contributed by atoms with Gasteiger partial charge in [0.25, 0.3) is 0 Å². The lowest BCUT2D eigenvalue weighted by Crippen LogP contribution is -1.96. The van der Waals surface area contributed by atoms with Gasteiger partial charge < -0.3 is 15.1 Å². The predicted molar refractivity (Wildman–Crippen MR) is 228 cm³/mol. The van der Waals surface area contributed by atoms with E-state index in [1.165, 1.54) is 32.0 Å². The lowest BCUT2D eigenvalue weighted by molar-refractivity contribution is -0.132. The van der Waals surface area contributed by atoms with E-state index >= 15 is 0 Å². The van der Waals surface area contributed by atoms with Crippen LogP contribution in [0.4, 0.5) is 0 Å². The average Bonchev–Trinajstić information content (AvgIpc) is 3.97. The van der Waals surface area contributed by atoms with E-state index in [4.69, 9.17) is 9.97 Å². The number of thiophene rings is 4. The van der Waals surface area contributed by atoms with Crippen molar-refractivity contribution in [1.29, 1.82) is 5.26 Å². The Balaban J connectivity index is 1.43. The van der Waals surface area contributed by atoms with Crippen LogP contribution in [0.1, 0.15) is 42.3 Å². The summed E-state index contributed by atoms with van der Waals surface area (Å²) < 4.78 is 0. The number of H-pyrrole nitrogens is 2. The molecule has 0 aliphatic carbocycles. The Morgan fingerprint density at radius 1 is 0.574 bits per heavy atom. The highest BCUT2D eigenvalue weighted by Gasteiger charge is 2.21. The third-order valence-corrected chi connectivity index (χ3v) is 13.3. The number of nitrogens with one attached hydrogen (secondary N) is 2. The molecule has 0 atom stereocenters. The highest BCUT2D eigenvalue weighted by Crippen LogP contribution is 2.42. The Morgan fingerprint density at radius 3 is 1.24 bits per heavy atom. The number of carbonyl (C=O) groups is 1. The molecule has 0 spiro atoms. The van der Waals surface area contributed by atoms with Gasteiger partial charge in [0.1, 0.15) is 11.6 Å². The summed E-state index contributed by atoms with van der Waals surface area (Å²) in [7, 11) is 0. The smallest absolute Gasteiger partial charge is 0.346 e. The van der Waals surface area contributed by atoms with Gasteiger partial charge >= 0.3 is 5.97 Å². The molecule has 0 radical (unpaired) electrons. The Bertz CT molecular complexity index is 2950. The number of nitrogens with zero attached hydrogens (tertiary/aromatic N) is 3. The third-order valence-electron chi connectivity index (χ3n) is 9.22. The minimum absolute atomic E-state index is 0.320. The van der Waals surface area contributed by atoms with Crippen LogP contribution in [0.5, 0.6) is 0 Å². The number of fused-ring (bicyclic) bond motifs is 8. The molecule has 7 nitrogen and oxygen atoms in total.